The van der Waals surface area contributed by atoms with Crippen LogP contribution in [0.25, 0.3) is 11.1 Å². The standard InChI is InChI=1S/C13H7Cl2.C8H11.2ClH.Zr/c14-10-1-3-12-8(6-10)5-9-7-11(15)2-4-13(9)12;1-7(2)8-5-3-4-6-8;;;/h1-4,6H,5H2;3-7H,1-2H3;2*1H;/q2*-1;;;+4/p-2. The summed E-state index contributed by atoms with van der Waals surface area (Å²) in [5.41, 5.74) is 6.34. The molecule has 0 fully saturated rings. The Labute approximate surface area is 197 Å². The molecular weight excluding hydrogens is 485 g/mol. The van der Waals surface area contributed by atoms with Gasteiger partial charge in [-0.15, -0.1) is 22.7 Å². The molecule has 0 saturated heterocycles. The molecule has 26 heavy (non-hydrogen) atoms. The van der Waals surface area contributed by atoms with Crippen LogP contribution in [0, 0.1) is 6.07 Å². The van der Waals surface area contributed by atoms with Crippen LogP contribution in [-0.2, 0) is 32.6 Å². The van der Waals surface area contributed by atoms with E-state index in [1.54, 1.807) is 0 Å². The van der Waals surface area contributed by atoms with Gasteiger partial charge in [-0.05, 0) is 30.0 Å². The van der Waals surface area contributed by atoms with Crippen molar-refractivity contribution in [3.63, 3.8) is 0 Å². The molecule has 3 aromatic carbocycles. The van der Waals surface area contributed by atoms with Crippen LogP contribution in [0.5, 0.6) is 0 Å². The van der Waals surface area contributed by atoms with Crippen molar-refractivity contribution in [1.82, 2.24) is 0 Å². The van der Waals surface area contributed by atoms with Gasteiger partial charge in [0.25, 0.3) is 0 Å². The molecule has 0 heterocycles. The molecule has 0 nitrogen and oxygen atoms in total. The minimum absolute atomic E-state index is 0. The molecule has 0 aliphatic heterocycles. The quantitative estimate of drug-likeness (QED) is 0.339. The third-order valence-corrected chi connectivity index (χ3v) is 4.53. The molecule has 0 saturated carbocycles. The minimum atomic E-state index is 0. The maximum Gasteiger partial charge on any atom is 4.00 e. The van der Waals surface area contributed by atoms with E-state index in [4.69, 9.17) is 23.2 Å². The largest absolute Gasteiger partial charge is 4.00 e. The van der Waals surface area contributed by atoms with Crippen molar-refractivity contribution in [2.24, 2.45) is 0 Å². The summed E-state index contributed by atoms with van der Waals surface area (Å²) in [7, 11) is 0. The topological polar surface area (TPSA) is 0 Å². The van der Waals surface area contributed by atoms with Crippen molar-refractivity contribution in [2.75, 3.05) is 0 Å². The van der Waals surface area contributed by atoms with Gasteiger partial charge in [-0.2, -0.15) is 35.9 Å². The van der Waals surface area contributed by atoms with Gasteiger partial charge in [0, 0.05) is 5.02 Å². The molecule has 1 aliphatic rings. The Kier molecular flexibility index (Phi) is 11.6. The molecule has 134 valence electrons. The van der Waals surface area contributed by atoms with Crippen LogP contribution in [0.2, 0.25) is 10.0 Å². The summed E-state index contributed by atoms with van der Waals surface area (Å²) in [6, 6.07) is 21.6. The number of hydrogen-bond acceptors (Lipinski definition) is 0. The van der Waals surface area contributed by atoms with Crippen LogP contribution in [-0.4, -0.2) is 0 Å². The predicted molar refractivity (Wildman–Crippen MR) is 99.7 cm³/mol. The van der Waals surface area contributed by atoms with Crippen molar-refractivity contribution >= 4 is 23.2 Å². The summed E-state index contributed by atoms with van der Waals surface area (Å²) < 4.78 is 0. The summed E-state index contributed by atoms with van der Waals surface area (Å²) in [6.07, 6.45) is 0.881. The fraction of sp³-hybridized carbons (Fsp3) is 0.190. The summed E-state index contributed by atoms with van der Waals surface area (Å²) in [4.78, 5) is 0. The van der Waals surface area contributed by atoms with E-state index in [9.17, 15) is 0 Å². The van der Waals surface area contributed by atoms with Gasteiger partial charge in [-0.3, -0.25) is 0 Å². The normalized spacial score (nSPS) is 10.3. The van der Waals surface area contributed by atoms with Crippen molar-refractivity contribution in [3.05, 3.63) is 87.4 Å². The first-order valence-corrected chi connectivity index (χ1v) is 8.51. The van der Waals surface area contributed by atoms with Crippen LogP contribution in [0.15, 0.2) is 54.6 Å². The van der Waals surface area contributed by atoms with E-state index in [0.717, 1.165) is 11.4 Å². The summed E-state index contributed by atoms with van der Waals surface area (Å²) >= 11 is 11.9. The van der Waals surface area contributed by atoms with Crippen LogP contribution in [0.3, 0.4) is 0 Å². The molecular formula is C21H18Cl4Zr. The molecule has 4 rings (SSSR count). The first kappa shape index (κ1) is 25.8. The number of fused-ring (bicyclic) bond motifs is 3. The second kappa shape index (κ2) is 11.6. The smallest absolute Gasteiger partial charge is 1.00 e. The zero-order valence-corrected chi connectivity index (χ0v) is 20.0. The van der Waals surface area contributed by atoms with Gasteiger partial charge in [0.05, 0.1) is 0 Å². The average molecular weight is 503 g/mol. The molecule has 3 aromatic rings. The molecule has 0 bridgehead atoms. The maximum atomic E-state index is 5.96. The zero-order valence-electron chi connectivity index (χ0n) is 14.5. The average Bonchev–Trinajstić information content (AvgIpc) is 3.14. The summed E-state index contributed by atoms with van der Waals surface area (Å²) in [6.45, 7) is 4.41. The summed E-state index contributed by atoms with van der Waals surface area (Å²) in [5.74, 6) is 0.685. The minimum Gasteiger partial charge on any atom is -1.00 e. The van der Waals surface area contributed by atoms with Crippen LogP contribution >= 0.6 is 23.2 Å². The van der Waals surface area contributed by atoms with E-state index < -0.39 is 0 Å². The third kappa shape index (κ3) is 6.18. The first-order chi connectivity index (χ1) is 11.0. The molecule has 0 spiro atoms. The second-order valence-electron chi connectivity index (χ2n) is 6.05. The second-order valence-corrected chi connectivity index (χ2v) is 6.89. The first-order valence-electron chi connectivity index (χ1n) is 7.75. The Bertz CT molecular complexity index is 761. The fourth-order valence-corrected chi connectivity index (χ4v) is 3.21. The molecule has 1 aliphatic carbocycles. The maximum absolute atomic E-state index is 5.96. The predicted octanol–water partition coefficient (Wildman–Crippen LogP) is 0.899. The Balaban J connectivity index is 0.000000497. The Morgan fingerprint density at radius 2 is 1.69 bits per heavy atom. The molecule has 0 amide bonds. The van der Waals surface area contributed by atoms with Gasteiger partial charge >= 0.3 is 26.2 Å². The monoisotopic (exact) mass is 500 g/mol. The number of rotatable bonds is 1. The van der Waals surface area contributed by atoms with Gasteiger partial charge in [-0.25, -0.2) is 12.1 Å². The van der Waals surface area contributed by atoms with Crippen molar-refractivity contribution < 1.29 is 51.0 Å². The molecule has 0 atom stereocenters. The van der Waals surface area contributed by atoms with Crippen molar-refractivity contribution in [2.45, 2.75) is 26.2 Å². The van der Waals surface area contributed by atoms with E-state index in [1.807, 2.05) is 24.3 Å². The van der Waals surface area contributed by atoms with Gasteiger partial charge in [-0.1, -0.05) is 42.1 Å². The van der Waals surface area contributed by atoms with E-state index in [2.05, 4.69) is 50.2 Å². The zero-order chi connectivity index (χ0) is 16.4. The molecule has 0 N–H and O–H groups in total. The van der Waals surface area contributed by atoms with E-state index in [1.165, 1.54) is 27.8 Å². The van der Waals surface area contributed by atoms with E-state index in [-0.39, 0.29) is 51.0 Å². The van der Waals surface area contributed by atoms with Gasteiger partial charge < -0.3 is 24.8 Å². The van der Waals surface area contributed by atoms with E-state index >= 15 is 0 Å². The Morgan fingerprint density at radius 1 is 1.00 bits per heavy atom. The van der Waals surface area contributed by atoms with Crippen LogP contribution in [0.1, 0.15) is 36.5 Å². The molecule has 0 unspecified atom stereocenters. The summed E-state index contributed by atoms with van der Waals surface area (Å²) in [5, 5.41) is 1.46. The number of benzene rings is 2. The SMILES string of the molecule is CC(C)c1ccc[cH-]1.Clc1[c-]c2c(cc1)-c1ccc(Cl)cc1C2.[Cl-].[Cl-].[Zr+4]. The Hall–Kier alpha value is -0.167. The van der Waals surface area contributed by atoms with Crippen LogP contribution in [0.4, 0.5) is 0 Å². The van der Waals surface area contributed by atoms with Gasteiger partial charge in [0.2, 0.25) is 0 Å². The van der Waals surface area contributed by atoms with Crippen molar-refractivity contribution in [3.8, 4) is 11.1 Å². The van der Waals surface area contributed by atoms with Crippen molar-refractivity contribution in [1.29, 1.82) is 0 Å². The molecule has 0 radical (unpaired) electrons. The van der Waals surface area contributed by atoms with Gasteiger partial charge in [0.15, 0.2) is 0 Å². The van der Waals surface area contributed by atoms with E-state index in [0.29, 0.717) is 10.9 Å². The third-order valence-electron chi connectivity index (χ3n) is 4.07. The fourth-order valence-electron chi connectivity index (χ4n) is 2.84. The molecule has 5 heteroatoms. The van der Waals surface area contributed by atoms with Crippen LogP contribution < -0.4 is 24.8 Å². The van der Waals surface area contributed by atoms with Gasteiger partial charge in [0.1, 0.15) is 0 Å². The number of hydrogen-bond donors (Lipinski definition) is 0. The molecule has 0 aromatic heterocycles. The Morgan fingerprint density at radius 3 is 2.27 bits per heavy atom. The number of halogens is 4.